The molecule has 0 aromatic heterocycles. The van der Waals surface area contributed by atoms with Crippen LogP contribution in [-0.2, 0) is 0 Å². The topological polar surface area (TPSA) is 12.0 Å². The Labute approximate surface area is 103 Å². The molecule has 16 heavy (non-hydrogen) atoms. The summed E-state index contributed by atoms with van der Waals surface area (Å²) in [4.78, 5) is 0. The average molecular weight is 225 g/mol. The van der Waals surface area contributed by atoms with Gasteiger partial charge in [0, 0.05) is 6.04 Å². The van der Waals surface area contributed by atoms with E-state index in [2.05, 4.69) is 25.7 Å². The molecule has 0 bridgehead atoms. The second kappa shape index (κ2) is 12.8. The van der Waals surface area contributed by atoms with Crippen molar-refractivity contribution in [3.63, 3.8) is 0 Å². The molecule has 96 valence electrons. The lowest BCUT2D eigenvalue weighted by Gasteiger charge is -2.18. The van der Waals surface area contributed by atoms with E-state index in [0.29, 0.717) is 0 Å². The van der Waals surface area contributed by atoms with E-state index in [1.807, 2.05) is 6.08 Å². The summed E-state index contributed by atoms with van der Waals surface area (Å²) in [6.45, 7) is 9.47. The second-order valence-corrected chi connectivity index (χ2v) is 4.72. The smallest absolute Gasteiger partial charge is 0.00670 e. The zero-order chi connectivity index (χ0) is 12.1. The SMILES string of the molecule is C=CCCCCCC(CCCC)NCCC. The molecule has 0 saturated carbocycles. The lowest BCUT2D eigenvalue weighted by Crippen LogP contribution is -2.29. The molecule has 0 aromatic rings. The van der Waals surface area contributed by atoms with E-state index in [1.54, 1.807) is 0 Å². The van der Waals surface area contributed by atoms with Gasteiger partial charge in [0.1, 0.15) is 0 Å². The van der Waals surface area contributed by atoms with Gasteiger partial charge in [-0.2, -0.15) is 0 Å². The van der Waals surface area contributed by atoms with Crippen LogP contribution in [0, 0.1) is 0 Å². The minimum Gasteiger partial charge on any atom is -0.314 e. The molecule has 0 spiro atoms. The van der Waals surface area contributed by atoms with Gasteiger partial charge in [0.25, 0.3) is 0 Å². The molecule has 0 aliphatic heterocycles. The Morgan fingerprint density at radius 1 is 1.00 bits per heavy atom. The fourth-order valence-electron chi connectivity index (χ4n) is 2.00. The molecule has 1 unspecified atom stereocenters. The number of nitrogens with one attached hydrogen (secondary N) is 1. The van der Waals surface area contributed by atoms with Crippen molar-refractivity contribution in [2.75, 3.05) is 6.54 Å². The maximum Gasteiger partial charge on any atom is 0.00670 e. The third kappa shape index (κ3) is 10.2. The molecule has 1 heteroatoms. The minimum atomic E-state index is 0.767. The van der Waals surface area contributed by atoms with Gasteiger partial charge in [-0.3, -0.25) is 0 Å². The predicted octanol–water partition coefficient (Wildman–Crippen LogP) is 4.68. The monoisotopic (exact) mass is 225 g/mol. The van der Waals surface area contributed by atoms with Crippen LogP contribution in [0.25, 0.3) is 0 Å². The Balaban J connectivity index is 3.51. The van der Waals surface area contributed by atoms with E-state index in [9.17, 15) is 0 Å². The quantitative estimate of drug-likeness (QED) is 0.375. The van der Waals surface area contributed by atoms with E-state index >= 15 is 0 Å². The Morgan fingerprint density at radius 3 is 2.38 bits per heavy atom. The summed E-state index contributed by atoms with van der Waals surface area (Å²) < 4.78 is 0. The molecule has 0 saturated heterocycles. The third-order valence-corrected chi connectivity index (χ3v) is 3.05. The first kappa shape index (κ1) is 15.7. The molecule has 1 N–H and O–H groups in total. The van der Waals surface area contributed by atoms with Crippen molar-refractivity contribution >= 4 is 0 Å². The molecular weight excluding hydrogens is 194 g/mol. The van der Waals surface area contributed by atoms with E-state index in [4.69, 9.17) is 0 Å². The van der Waals surface area contributed by atoms with Crippen LogP contribution in [0.4, 0.5) is 0 Å². The van der Waals surface area contributed by atoms with Crippen LogP contribution in [0.5, 0.6) is 0 Å². The molecular formula is C15H31N. The largest absolute Gasteiger partial charge is 0.314 e. The lowest BCUT2D eigenvalue weighted by molar-refractivity contribution is 0.422. The van der Waals surface area contributed by atoms with Crippen molar-refractivity contribution < 1.29 is 0 Å². The number of allylic oxidation sites excluding steroid dienone is 1. The molecule has 0 radical (unpaired) electrons. The van der Waals surface area contributed by atoms with E-state index < -0.39 is 0 Å². The molecule has 0 aliphatic carbocycles. The van der Waals surface area contributed by atoms with Crippen molar-refractivity contribution in [3.05, 3.63) is 12.7 Å². The molecule has 0 aliphatic rings. The van der Waals surface area contributed by atoms with Gasteiger partial charge < -0.3 is 5.32 Å². The molecule has 1 atom stereocenters. The summed E-state index contributed by atoms with van der Waals surface area (Å²) in [7, 11) is 0. The first-order valence-electron chi connectivity index (χ1n) is 7.19. The van der Waals surface area contributed by atoms with Crippen molar-refractivity contribution in [3.8, 4) is 0 Å². The summed E-state index contributed by atoms with van der Waals surface area (Å²) in [5.74, 6) is 0. The average Bonchev–Trinajstić information content (AvgIpc) is 2.31. The predicted molar refractivity (Wildman–Crippen MR) is 74.9 cm³/mol. The van der Waals surface area contributed by atoms with Crippen LogP contribution in [0.3, 0.4) is 0 Å². The molecule has 0 amide bonds. The number of hydrogen-bond acceptors (Lipinski definition) is 1. The van der Waals surface area contributed by atoms with Gasteiger partial charge >= 0.3 is 0 Å². The molecule has 0 heterocycles. The zero-order valence-electron chi connectivity index (χ0n) is 11.4. The zero-order valence-corrected chi connectivity index (χ0v) is 11.4. The summed E-state index contributed by atoms with van der Waals surface area (Å²) >= 11 is 0. The maximum absolute atomic E-state index is 3.76. The van der Waals surface area contributed by atoms with Crippen molar-refractivity contribution in [2.24, 2.45) is 0 Å². The highest BCUT2D eigenvalue weighted by atomic mass is 14.9. The van der Waals surface area contributed by atoms with Gasteiger partial charge in [0.2, 0.25) is 0 Å². The fourth-order valence-corrected chi connectivity index (χ4v) is 2.00. The Morgan fingerprint density at radius 2 is 1.75 bits per heavy atom. The molecule has 0 aromatic carbocycles. The van der Waals surface area contributed by atoms with E-state index in [0.717, 1.165) is 6.04 Å². The maximum atomic E-state index is 3.76. The van der Waals surface area contributed by atoms with Crippen molar-refractivity contribution in [2.45, 2.75) is 77.7 Å². The minimum absolute atomic E-state index is 0.767. The Bertz CT molecular complexity index is 134. The van der Waals surface area contributed by atoms with Crippen LogP contribution in [0.1, 0.15) is 71.6 Å². The van der Waals surface area contributed by atoms with Crippen LogP contribution < -0.4 is 5.32 Å². The second-order valence-electron chi connectivity index (χ2n) is 4.72. The number of rotatable bonds is 12. The highest BCUT2D eigenvalue weighted by Crippen LogP contribution is 2.11. The highest BCUT2D eigenvalue weighted by molar-refractivity contribution is 4.69. The first-order chi connectivity index (χ1) is 7.85. The molecule has 0 rings (SSSR count). The standard InChI is InChI=1S/C15H31N/c1-4-7-9-10-11-13-15(12-8-5-2)16-14-6-3/h4,15-16H,1,5-14H2,2-3H3. The fraction of sp³-hybridized carbons (Fsp3) is 0.867. The summed E-state index contributed by atoms with van der Waals surface area (Å²) in [6.07, 6.45) is 13.9. The van der Waals surface area contributed by atoms with Crippen LogP contribution >= 0.6 is 0 Å². The van der Waals surface area contributed by atoms with Crippen molar-refractivity contribution in [1.82, 2.24) is 5.32 Å². The van der Waals surface area contributed by atoms with Crippen LogP contribution in [0.15, 0.2) is 12.7 Å². The van der Waals surface area contributed by atoms with Gasteiger partial charge in [-0.25, -0.2) is 0 Å². The molecule has 0 fully saturated rings. The number of unbranched alkanes of at least 4 members (excludes halogenated alkanes) is 4. The normalized spacial score (nSPS) is 12.6. The van der Waals surface area contributed by atoms with Gasteiger partial charge in [0.05, 0.1) is 0 Å². The van der Waals surface area contributed by atoms with Gasteiger partial charge in [-0.1, -0.05) is 45.6 Å². The van der Waals surface area contributed by atoms with Gasteiger partial charge in [-0.15, -0.1) is 6.58 Å². The summed E-state index contributed by atoms with van der Waals surface area (Å²) in [6, 6.07) is 0.767. The molecule has 1 nitrogen and oxygen atoms in total. The lowest BCUT2D eigenvalue weighted by atomic mass is 10.0. The van der Waals surface area contributed by atoms with Crippen LogP contribution in [0.2, 0.25) is 0 Å². The van der Waals surface area contributed by atoms with Crippen molar-refractivity contribution in [1.29, 1.82) is 0 Å². The Kier molecular flexibility index (Phi) is 12.5. The van der Waals surface area contributed by atoms with Gasteiger partial charge in [-0.05, 0) is 38.6 Å². The number of hydrogen-bond donors (Lipinski definition) is 1. The summed E-state index contributed by atoms with van der Waals surface area (Å²) in [5, 5.41) is 3.67. The van der Waals surface area contributed by atoms with Gasteiger partial charge in [0.15, 0.2) is 0 Å². The van der Waals surface area contributed by atoms with Crippen LogP contribution in [-0.4, -0.2) is 12.6 Å². The highest BCUT2D eigenvalue weighted by Gasteiger charge is 2.06. The first-order valence-corrected chi connectivity index (χ1v) is 7.19. The summed E-state index contributed by atoms with van der Waals surface area (Å²) in [5.41, 5.74) is 0. The third-order valence-electron chi connectivity index (χ3n) is 3.05. The van der Waals surface area contributed by atoms with E-state index in [1.165, 1.54) is 64.3 Å². The van der Waals surface area contributed by atoms with E-state index in [-0.39, 0.29) is 0 Å². The Hall–Kier alpha value is -0.300.